The Balaban J connectivity index is 1.93. The second-order valence-electron chi connectivity index (χ2n) is 3.96. The van der Waals surface area contributed by atoms with Crippen LogP contribution in [0.2, 0.25) is 0 Å². The molecule has 0 aliphatic rings. The first-order valence-corrected chi connectivity index (χ1v) is 5.29. The second-order valence-corrected chi connectivity index (χ2v) is 3.96. The molecule has 2 rings (SSSR count). The molecule has 1 atom stereocenters. The molecule has 5 nitrogen and oxygen atoms in total. The molecular weight excluding hydrogens is 204 g/mol. The van der Waals surface area contributed by atoms with E-state index in [1.165, 1.54) is 0 Å². The zero-order chi connectivity index (χ0) is 11.5. The van der Waals surface area contributed by atoms with Crippen molar-refractivity contribution in [1.29, 1.82) is 0 Å². The quantitative estimate of drug-likeness (QED) is 0.830. The van der Waals surface area contributed by atoms with Crippen LogP contribution in [0.3, 0.4) is 0 Å². The minimum absolute atomic E-state index is 0.504. The molecule has 2 aromatic heterocycles. The summed E-state index contributed by atoms with van der Waals surface area (Å²) in [6, 6.07) is 1.96. The van der Waals surface area contributed by atoms with Gasteiger partial charge in [0.2, 0.25) is 0 Å². The van der Waals surface area contributed by atoms with E-state index < -0.39 is 6.10 Å². The number of nitrogens with zero attached hydrogens (tertiary/aromatic N) is 4. The molecular formula is C11H16N4O. The van der Waals surface area contributed by atoms with Gasteiger partial charge in [0.15, 0.2) is 0 Å². The molecule has 0 aliphatic heterocycles. The van der Waals surface area contributed by atoms with Gasteiger partial charge >= 0.3 is 0 Å². The Labute approximate surface area is 94.4 Å². The van der Waals surface area contributed by atoms with Crippen LogP contribution in [0, 0.1) is 0 Å². The summed E-state index contributed by atoms with van der Waals surface area (Å²) in [4.78, 5) is 4.13. The lowest BCUT2D eigenvalue weighted by Gasteiger charge is -2.07. The number of imidazole rings is 1. The minimum atomic E-state index is -0.504. The van der Waals surface area contributed by atoms with Gasteiger partial charge in [0.1, 0.15) is 0 Å². The first-order valence-electron chi connectivity index (χ1n) is 5.29. The van der Waals surface area contributed by atoms with E-state index in [9.17, 15) is 5.11 Å². The van der Waals surface area contributed by atoms with Gasteiger partial charge in [0.05, 0.1) is 18.1 Å². The van der Waals surface area contributed by atoms with Crippen LogP contribution in [0.5, 0.6) is 0 Å². The molecule has 86 valence electrons. The Morgan fingerprint density at radius 3 is 2.81 bits per heavy atom. The highest BCUT2D eigenvalue weighted by molar-refractivity contribution is 5.04. The number of aliphatic hydroxyl groups is 1. The number of aliphatic hydroxyl groups excluding tert-OH is 1. The van der Waals surface area contributed by atoms with Crippen LogP contribution in [0.1, 0.15) is 23.9 Å². The summed E-state index contributed by atoms with van der Waals surface area (Å²) in [6.07, 6.45) is 6.26. The average molecular weight is 220 g/mol. The number of aryl methyl sites for hydroxylation is 3. The van der Waals surface area contributed by atoms with Gasteiger partial charge in [-0.25, -0.2) is 4.98 Å². The van der Waals surface area contributed by atoms with Gasteiger partial charge in [-0.3, -0.25) is 4.68 Å². The molecule has 5 heteroatoms. The molecule has 2 heterocycles. The van der Waals surface area contributed by atoms with Crippen molar-refractivity contribution < 1.29 is 5.11 Å². The van der Waals surface area contributed by atoms with Crippen molar-refractivity contribution in [3.05, 3.63) is 36.2 Å². The Hall–Kier alpha value is -1.62. The summed E-state index contributed by atoms with van der Waals surface area (Å²) in [5.41, 5.74) is 1.85. The van der Waals surface area contributed by atoms with Gasteiger partial charge in [0, 0.05) is 32.2 Å². The lowest BCUT2D eigenvalue weighted by Crippen LogP contribution is -2.03. The van der Waals surface area contributed by atoms with Crippen molar-refractivity contribution in [2.45, 2.75) is 18.9 Å². The summed E-state index contributed by atoms with van der Waals surface area (Å²) < 4.78 is 3.66. The maximum Gasteiger partial charge on any atom is 0.0979 e. The summed E-state index contributed by atoms with van der Waals surface area (Å²) in [5.74, 6) is 0. The van der Waals surface area contributed by atoms with Crippen LogP contribution in [-0.4, -0.2) is 24.4 Å². The predicted molar refractivity (Wildman–Crippen MR) is 59.7 cm³/mol. The highest BCUT2D eigenvalue weighted by atomic mass is 16.3. The molecule has 0 aliphatic carbocycles. The molecule has 0 spiro atoms. The zero-order valence-electron chi connectivity index (χ0n) is 9.54. The Morgan fingerprint density at radius 1 is 1.44 bits per heavy atom. The molecule has 1 unspecified atom stereocenters. The summed E-state index contributed by atoms with van der Waals surface area (Å²) in [5, 5.41) is 14.0. The molecule has 0 radical (unpaired) electrons. The number of aromatic nitrogens is 4. The first-order chi connectivity index (χ1) is 7.66. The minimum Gasteiger partial charge on any atom is -0.387 e. The van der Waals surface area contributed by atoms with Crippen LogP contribution in [0.4, 0.5) is 0 Å². The van der Waals surface area contributed by atoms with Crippen molar-refractivity contribution in [3.63, 3.8) is 0 Å². The van der Waals surface area contributed by atoms with Gasteiger partial charge in [-0.05, 0) is 18.9 Å². The number of hydrogen-bond donors (Lipinski definition) is 1. The summed E-state index contributed by atoms with van der Waals surface area (Å²) in [7, 11) is 3.80. The maximum absolute atomic E-state index is 9.92. The third kappa shape index (κ3) is 2.30. The average Bonchev–Trinajstić information content (AvgIpc) is 2.84. The van der Waals surface area contributed by atoms with Crippen molar-refractivity contribution in [3.8, 4) is 0 Å². The summed E-state index contributed by atoms with van der Waals surface area (Å²) >= 11 is 0. The second kappa shape index (κ2) is 4.49. The Morgan fingerprint density at radius 2 is 2.25 bits per heavy atom. The van der Waals surface area contributed by atoms with Crippen LogP contribution in [0.15, 0.2) is 24.8 Å². The molecule has 0 saturated heterocycles. The van der Waals surface area contributed by atoms with E-state index in [4.69, 9.17) is 0 Å². The zero-order valence-corrected chi connectivity index (χ0v) is 9.54. The van der Waals surface area contributed by atoms with E-state index in [1.807, 2.05) is 35.6 Å². The number of hydrogen-bond acceptors (Lipinski definition) is 3. The molecule has 16 heavy (non-hydrogen) atoms. The van der Waals surface area contributed by atoms with Crippen molar-refractivity contribution in [2.24, 2.45) is 14.1 Å². The number of rotatable bonds is 4. The lowest BCUT2D eigenvalue weighted by molar-refractivity contribution is 0.163. The molecule has 0 bridgehead atoms. The molecule has 2 aromatic rings. The maximum atomic E-state index is 9.92. The van der Waals surface area contributed by atoms with E-state index >= 15 is 0 Å². The smallest absolute Gasteiger partial charge is 0.0979 e. The standard InChI is InChI=1S/C11H16N4O/c1-14-7-10(12-8-14)11(16)4-3-9-5-6-13-15(9)2/h5-8,11,16H,3-4H2,1-2H3. The fourth-order valence-corrected chi connectivity index (χ4v) is 1.68. The van der Waals surface area contributed by atoms with Gasteiger partial charge in [-0.1, -0.05) is 0 Å². The van der Waals surface area contributed by atoms with Crippen molar-refractivity contribution in [1.82, 2.24) is 19.3 Å². The largest absolute Gasteiger partial charge is 0.387 e. The Bertz CT molecular complexity index is 460. The SMILES string of the molecule is Cn1cnc(C(O)CCc2ccnn2C)c1. The van der Waals surface area contributed by atoms with Gasteiger partial charge in [0.25, 0.3) is 0 Å². The lowest BCUT2D eigenvalue weighted by atomic mass is 10.1. The predicted octanol–water partition coefficient (Wildman–Crippen LogP) is 0.820. The molecule has 1 N–H and O–H groups in total. The summed E-state index contributed by atoms with van der Waals surface area (Å²) in [6.45, 7) is 0. The van der Waals surface area contributed by atoms with Crippen LogP contribution in [-0.2, 0) is 20.5 Å². The Kier molecular flexibility index (Phi) is 3.05. The topological polar surface area (TPSA) is 55.9 Å². The fourth-order valence-electron chi connectivity index (χ4n) is 1.68. The van der Waals surface area contributed by atoms with Gasteiger partial charge in [-0.2, -0.15) is 5.10 Å². The first kappa shape index (κ1) is 10.9. The van der Waals surface area contributed by atoms with Gasteiger partial charge in [-0.15, -0.1) is 0 Å². The normalized spacial score (nSPS) is 12.9. The monoisotopic (exact) mass is 220 g/mol. The van der Waals surface area contributed by atoms with Crippen LogP contribution >= 0.6 is 0 Å². The molecule has 0 aromatic carbocycles. The van der Waals surface area contributed by atoms with E-state index in [0.717, 1.165) is 17.8 Å². The molecule has 0 fully saturated rings. The van der Waals surface area contributed by atoms with Crippen LogP contribution in [0.25, 0.3) is 0 Å². The van der Waals surface area contributed by atoms with Crippen LogP contribution < -0.4 is 0 Å². The molecule has 0 saturated carbocycles. The van der Waals surface area contributed by atoms with Crippen molar-refractivity contribution in [2.75, 3.05) is 0 Å². The fraction of sp³-hybridized carbons (Fsp3) is 0.455. The highest BCUT2D eigenvalue weighted by Gasteiger charge is 2.11. The van der Waals surface area contributed by atoms with Crippen molar-refractivity contribution >= 4 is 0 Å². The third-order valence-corrected chi connectivity index (χ3v) is 2.66. The van der Waals surface area contributed by atoms with E-state index in [1.54, 1.807) is 12.5 Å². The highest BCUT2D eigenvalue weighted by Crippen LogP contribution is 2.16. The van der Waals surface area contributed by atoms with Gasteiger partial charge < -0.3 is 9.67 Å². The van der Waals surface area contributed by atoms with E-state index in [0.29, 0.717) is 6.42 Å². The molecule has 0 amide bonds. The third-order valence-electron chi connectivity index (χ3n) is 2.66. The van der Waals surface area contributed by atoms with E-state index in [2.05, 4.69) is 10.1 Å². The van der Waals surface area contributed by atoms with E-state index in [-0.39, 0.29) is 0 Å².